The molecule has 2 heteroatoms. The molecule has 1 aromatic rings. The van der Waals surface area contributed by atoms with Crippen LogP contribution in [0.15, 0.2) is 41.4 Å². The van der Waals surface area contributed by atoms with E-state index < -0.39 is 0 Å². The molecular weight excluding hydrogens is 244 g/mol. The normalized spacial score (nSPS) is 12.5. The summed E-state index contributed by atoms with van der Waals surface area (Å²) < 4.78 is 1.04. The molecule has 0 radical (unpaired) electrons. The van der Waals surface area contributed by atoms with Gasteiger partial charge in [0.05, 0.1) is 0 Å². The van der Waals surface area contributed by atoms with Crippen LogP contribution in [0.5, 0.6) is 0 Å². The van der Waals surface area contributed by atoms with Gasteiger partial charge in [0, 0.05) is 5.25 Å². The second-order valence-corrected chi connectivity index (χ2v) is 4.73. The van der Waals surface area contributed by atoms with Crippen LogP contribution in [0, 0.1) is 0 Å². The molecule has 13 heavy (non-hydrogen) atoms. The third-order valence-corrected chi connectivity index (χ3v) is 2.83. The zero-order valence-corrected chi connectivity index (χ0v) is 9.89. The minimum Gasteiger partial charge on any atom is -0.171 e. The van der Waals surface area contributed by atoms with Gasteiger partial charge in [0.2, 0.25) is 0 Å². The largest absolute Gasteiger partial charge is 0.171 e. The first-order valence-corrected chi connectivity index (χ1v) is 5.57. The zero-order chi connectivity index (χ0) is 9.68. The van der Waals surface area contributed by atoms with Crippen LogP contribution in [-0.2, 0) is 0 Å². The van der Waals surface area contributed by atoms with Crippen molar-refractivity contribution in [1.82, 2.24) is 0 Å². The predicted octanol–water partition coefficient (Wildman–Crippen LogP) is 4.35. The van der Waals surface area contributed by atoms with Crippen LogP contribution < -0.4 is 0 Å². The van der Waals surface area contributed by atoms with Gasteiger partial charge in [-0.05, 0) is 22.9 Å². The topological polar surface area (TPSA) is 0 Å². The highest BCUT2D eigenvalue weighted by atomic mass is 79.9. The first kappa shape index (κ1) is 10.9. The third-order valence-electron chi connectivity index (χ3n) is 1.87. The summed E-state index contributed by atoms with van der Waals surface area (Å²) in [5, 5.41) is 0.315. The van der Waals surface area contributed by atoms with Crippen LogP contribution in [-0.4, -0.2) is 0 Å². The molecule has 1 atom stereocenters. The second kappa shape index (κ2) is 5.51. The molecule has 0 spiro atoms. The van der Waals surface area contributed by atoms with E-state index in [1.807, 2.05) is 18.2 Å². The molecule has 1 aromatic carbocycles. The van der Waals surface area contributed by atoms with Crippen molar-refractivity contribution >= 4 is 28.6 Å². The first-order valence-electron chi connectivity index (χ1n) is 4.26. The van der Waals surface area contributed by atoms with Crippen molar-refractivity contribution in [2.24, 2.45) is 0 Å². The molecular formula is C11H13BrS. The Morgan fingerprint density at radius 2 is 2.00 bits per heavy atom. The summed E-state index contributed by atoms with van der Waals surface area (Å²) in [4.78, 5) is 0. The Labute approximate surface area is 93.6 Å². The van der Waals surface area contributed by atoms with Crippen LogP contribution in [0.3, 0.4) is 0 Å². The van der Waals surface area contributed by atoms with Crippen LogP contribution in [0.2, 0.25) is 0 Å². The summed E-state index contributed by atoms with van der Waals surface area (Å²) in [6.07, 6.45) is 2.00. The number of thiol groups is 1. The van der Waals surface area contributed by atoms with Crippen molar-refractivity contribution in [3.63, 3.8) is 0 Å². The average molecular weight is 257 g/mol. The van der Waals surface area contributed by atoms with E-state index >= 15 is 0 Å². The monoisotopic (exact) mass is 256 g/mol. The van der Waals surface area contributed by atoms with Crippen LogP contribution in [0.1, 0.15) is 23.7 Å². The van der Waals surface area contributed by atoms with Gasteiger partial charge >= 0.3 is 0 Å². The number of allylic oxidation sites excluding steroid dienone is 1. The lowest BCUT2D eigenvalue weighted by Gasteiger charge is -2.09. The average Bonchev–Trinajstić information content (AvgIpc) is 2.15. The molecule has 0 aliphatic rings. The SMILES string of the molecule is C=C(Br)CCC(S)c1ccccc1. The first-order chi connectivity index (χ1) is 6.20. The summed E-state index contributed by atoms with van der Waals surface area (Å²) in [6.45, 7) is 3.80. The van der Waals surface area contributed by atoms with Crippen molar-refractivity contribution < 1.29 is 0 Å². The van der Waals surface area contributed by atoms with Gasteiger partial charge < -0.3 is 0 Å². The lowest BCUT2D eigenvalue weighted by molar-refractivity contribution is 0.824. The molecule has 0 amide bonds. The van der Waals surface area contributed by atoms with Crippen LogP contribution >= 0.6 is 28.6 Å². The van der Waals surface area contributed by atoms with Crippen LogP contribution in [0.25, 0.3) is 0 Å². The summed E-state index contributed by atoms with van der Waals surface area (Å²) in [6, 6.07) is 10.3. The summed E-state index contributed by atoms with van der Waals surface area (Å²) >= 11 is 7.88. The molecule has 1 rings (SSSR count). The van der Waals surface area contributed by atoms with Crippen LogP contribution in [0.4, 0.5) is 0 Å². The molecule has 70 valence electrons. The minimum atomic E-state index is 0.315. The molecule has 0 aliphatic carbocycles. The third kappa shape index (κ3) is 4.01. The maximum absolute atomic E-state index is 4.53. The Balaban J connectivity index is 2.49. The van der Waals surface area contributed by atoms with Crippen molar-refractivity contribution in [3.05, 3.63) is 47.0 Å². The lowest BCUT2D eigenvalue weighted by Crippen LogP contribution is -1.89. The highest BCUT2D eigenvalue weighted by Crippen LogP contribution is 2.27. The number of rotatable bonds is 4. The summed E-state index contributed by atoms with van der Waals surface area (Å²) in [5.41, 5.74) is 1.28. The van der Waals surface area contributed by atoms with Gasteiger partial charge in [-0.3, -0.25) is 0 Å². The van der Waals surface area contributed by atoms with Gasteiger partial charge in [-0.15, -0.1) is 0 Å². The standard InChI is InChI=1S/C11H13BrS/c1-9(12)7-8-11(13)10-5-3-2-4-6-10/h2-6,11,13H,1,7-8H2. The van der Waals surface area contributed by atoms with E-state index in [9.17, 15) is 0 Å². The van der Waals surface area contributed by atoms with Crippen molar-refractivity contribution in [2.75, 3.05) is 0 Å². The van der Waals surface area contributed by atoms with Crippen molar-refractivity contribution in [2.45, 2.75) is 18.1 Å². The fourth-order valence-electron chi connectivity index (χ4n) is 1.14. The summed E-state index contributed by atoms with van der Waals surface area (Å²) in [5.74, 6) is 0. The van der Waals surface area contributed by atoms with Gasteiger partial charge in [-0.25, -0.2) is 0 Å². The highest BCUT2D eigenvalue weighted by molar-refractivity contribution is 9.11. The fraction of sp³-hybridized carbons (Fsp3) is 0.273. The van der Waals surface area contributed by atoms with Gasteiger partial charge in [0.15, 0.2) is 0 Å². The Morgan fingerprint density at radius 1 is 1.38 bits per heavy atom. The number of halogens is 1. The van der Waals surface area contributed by atoms with E-state index in [-0.39, 0.29) is 0 Å². The Hall–Kier alpha value is -0.210. The van der Waals surface area contributed by atoms with Gasteiger partial charge in [-0.2, -0.15) is 12.6 Å². The molecule has 0 bridgehead atoms. The van der Waals surface area contributed by atoms with Gasteiger partial charge in [0.1, 0.15) is 0 Å². The number of hydrogen-bond acceptors (Lipinski definition) is 1. The molecule has 0 aliphatic heterocycles. The molecule has 0 aromatic heterocycles. The molecule has 0 fully saturated rings. The minimum absolute atomic E-state index is 0.315. The van der Waals surface area contributed by atoms with E-state index in [0.717, 1.165) is 17.3 Å². The molecule has 0 heterocycles. The predicted molar refractivity (Wildman–Crippen MR) is 65.5 cm³/mol. The smallest absolute Gasteiger partial charge is 0.0270 e. The molecule has 0 nitrogen and oxygen atoms in total. The fourth-order valence-corrected chi connectivity index (χ4v) is 1.67. The molecule has 1 unspecified atom stereocenters. The Morgan fingerprint density at radius 3 is 2.54 bits per heavy atom. The van der Waals surface area contributed by atoms with E-state index in [0.29, 0.717) is 5.25 Å². The Kier molecular flexibility index (Phi) is 4.60. The zero-order valence-electron chi connectivity index (χ0n) is 7.41. The quantitative estimate of drug-likeness (QED) is 0.762. The second-order valence-electron chi connectivity index (χ2n) is 2.98. The molecule has 0 saturated heterocycles. The van der Waals surface area contributed by atoms with E-state index in [1.54, 1.807) is 0 Å². The number of hydrogen-bond donors (Lipinski definition) is 1. The Bertz CT molecular complexity index is 269. The lowest BCUT2D eigenvalue weighted by atomic mass is 10.1. The van der Waals surface area contributed by atoms with Crippen molar-refractivity contribution in [1.29, 1.82) is 0 Å². The highest BCUT2D eigenvalue weighted by Gasteiger charge is 2.04. The maximum atomic E-state index is 4.53. The van der Waals surface area contributed by atoms with E-state index in [1.165, 1.54) is 5.56 Å². The molecule has 0 saturated carbocycles. The maximum Gasteiger partial charge on any atom is 0.0270 e. The van der Waals surface area contributed by atoms with E-state index in [2.05, 4.69) is 47.3 Å². The van der Waals surface area contributed by atoms with Gasteiger partial charge in [0.25, 0.3) is 0 Å². The van der Waals surface area contributed by atoms with E-state index in [4.69, 9.17) is 0 Å². The summed E-state index contributed by atoms with van der Waals surface area (Å²) in [7, 11) is 0. The van der Waals surface area contributed by atoms with Gasteiger partial charge in [-0.1, -0.05) is 52.8 Å². The molecule has 0 N–H and O–H groups in total. The van der Waals surface area contributed by atoms with Crippen molar-refractivity contribution in [3.8, 4) is 0 Å². The number of benzene rings is 1.